The van der Waals surface area contributed by atoms with Crippen LogP contribution in [0.4, 0.5) is 0 Å². The van der Waals surface area contributed by atoms with Crippen LogP contribution in [0.3, 0.4) is 0 Å². The lowest BCUT2D eigenvalue weighted by Gasteiger charge is -1.78. The molecule has 0 fully saturated rings. The maximum absolute atomic E-state index is 9.56. The molecule has 0 bridgehead atoms. The van der Waals surface area contributed by atoms with E-state index in [9.17, 15) is 4.91 Å². The van der Waals surface area contributed by atoms with Crippen LogP contribution >= 0.6 is 0 Å². The quantitative estimate of drug-likeness (QED) is 0.651. The number of nitrogens with zero attached hydrogens (tertiary/aromatic N) is 1. The van der Waals surface area contributed by atoms with E-state index in [2.05, 4.69) is 19.0 Å². The maximum atomic E-state index is 9.56. The van der Waals surface area contributed by atoms with E-state index in [1.54, 1.807) is 12.1 Å². The Morgan fingerprint density at radius 2 is 2.08 bits per heavy atom. The Labute approximate surface area is 72.8 Å². The normalized spacial score (nSPS) is 8.50. The standard InChI is InChI=1S/C5H5NO2.C4H10/c7-6-4-5-2-1-3-8-5;1-3-4-2/h1-3H,4H2;3-4H2,1-2H3. The predicted octanol–water partition coefficient (Wildman–Crippen LogP) is 3.35. The topological polar surface area (TPSA) is 42.6 Å². The fourth-order valence-electron chi connectivity index (χ4n) is 0.466. The van der Waals surface area contributed by atoms with Gasteiger partial charge < -0.3 is 4.42 Å². The number of hydrogen-bond acceptors (Lipinski definition) is 3. The van der Waals surface area contributed by atoms with Crippen LogP contribution in [0.1, 0.15) is 32.4 Å². The third-order valence-electron chi connectivity index (χ3n) is 1.30. The first-order valence-corrected chi connectivity index (χ1v) is 4.16. The van der Waals surface area contributed by atoms with Gasteiger partial charge in [-0.15, -0.1) is 0 Å². The van der Waals surface area contributed by atoms with E-state index >= 15 is 0 Å². The van der Waals surface area contributed by atoms with Gasteiger partial charge in [0, 0.05) is 0 Å². The number of rotatable bonds is 3. The van der Waals surface area contributed by atoms with Gasteiger partial charge in [-0.3, -0.25) is 0 Å². The molecule has 0 atom stereocenters. The summed E-state index contributed by atoms with van der Waals surface area (Å²) in [4.78, 5) is 9.56. The molecule has 0 aliphatic carbocycles. The Morgan fingerprint density at radius 1 is 1.42 bits per heavy atom. The Morgan fingerprint density at radius 3 is 2.42 bits per heavy atom. The molecule has 0 aliphatic rings. The van der Waals surface area contributed by atoms with Crippen LogP contribution in [-0.4, -0.2) is 0 Å². The summed E-state index contributed by atoms with van der Waals surface area (Å²) >= 11 is 0. The second-order valence-electron chi connectivity index (χ2n) is 2.37. The number of nitroso groups, excluding NO2 is 1. The molecule has 0 saturated carbocycles. The molecular formula is C9H15NO2. The van der Waals surface area contributed by atoms with Crippen LogP contribution in [0.5, 0.6) is 0 Å². The Balaban J connectivity index is 0.000000261. The van der Waals surface area contributed by atoms with Crippen LogP contribution in [0.2, 0.25) is 0 Å². The lowest BCUT2D eigenvalue weighted by atomic mass is 10.4. The summed E-state index contributed by atoms with van der Waals surface area (Å²) in [7, 11) is 0. The van der Waals surface area contributed by atoms with E-state index < -0.39 is 0 Å². The Bertz CT molecular complexity index is 180. The zero-order valence-corrected chi connectivity index (χ0v) is 7.62. The van der Waals surface area contributed by atoms with Gasteiger partial charge in [-0.25, -0.2) is 0 Å². The van der Waals surface area contributed by atoms with Gasteiger partial charge in [0.05, 0.1) is 6.26 Å². The largest absolute Gasteiger partial charge is 0.467 e. The lowest BCUT2D eigenvalue weighted by molar-refractivity contribution is 0.512. The Kier molecular flexibility index (Phi) is 7.24. The van der Waals surface area contributed by atoms with Gasteiger partial charge in [0.15, 0.2) is 0 Å². The van der Waals surface area contributed by atoms with Gasteiger partial charge in [-0.1, -0.05) is 31.9 Å². The molecule has 1 heterocycles. The van der Waals surface area contributed by atoms with Crippen molar-refractivity contribution in [1.29, 1.82) is 0 Å². The molecule has 0 aliphatic heterocycles. The number of furan rings is 1. The van der Waals surface area contributed by atoms with Crippen molar-refractivity contribution in [2.24, 2.45) is 5.18 Å². The van der Waals surface area contributed by atoms with Gasteiger partial charge in [-0.2, -0.15) is 4.91 Å². The van der Waals surface area contributed by atoms with Crippen LogP contribution in [0.25, 0.3) is 0 Å². The van der Waals surface area contributed by atoms with Crippen molar-refractivity contribution < 1.29 is 4.42 Å². The first kappa shape index (κ1) is 10.9. The summed E-state index contributed by atoms with van der Waals surface area (Å²) in [5.74, 6) is 0.611. The van der Waals surface area contributed by atoms with Gasteiger partial charge >= 0.3 is 0 Å². The second-order valence-corrected chi connectivity index (χ2v) is 2.37. The minimum absolute atomic E-state index is 0.132. The third-order valence-corrected chi connectivity index (χ3v) is 1.30. The van der Waals surface area contributed by atoms with Crippen LogP contribution in [-0.2, 0) is 6.54 Å². The summed E-state index contributed by atoms with van der Waals surface area (Å²) in [5.41, 5.74) is 0. The average Bonchev–Trinajstić information content (AvgIpc) is 2.58. The van der Waals surface area contributed by atoms with Crippen molar-refractivity contribution in [1.82, 2.24) is 0 Å². The van der Waals surface area contributed by atoms with Crippen LogP contribution in [0, 0.1) is 4.91 Å². The lowest BCUT2D eigenvalue weighted by Crippen LogP contribution is -1.69. The fraction of sp³-hybridized carbons (Fsp3) is 0.556. The van der Waals surface area contributed by atoms with E-state index in [1.807, 2.05) is 0 Å². The van der Waals surface area contributed by atoms with Crippen molar-refractivity contribution in [3.8, 4) is 0 Å². The molecule has 0 N–H and O–H groups in total. The molecular weight excluding hydrogens is 154 g/mol. The van der Waals surface area contributed by atoms with Crippen molar-refractivity contribution >= 4 is 0 Å². The number of hydrogen-bond donors (Lipinski definition) is 0. The zero-order valence-electron chi connectivity index (χ0n) is 7.62. The van der Waals surface area contributed by atoms with Crippen LogP contribution < -0.4 is 0 Å². The molecule has 3 nitrogen and oxygen atoms in total. The minimum Gasteiger partial charge on any atom is -0.467 e. The summed E-state index contributed by atoms with van der Waals surface area (Å²) in [6.07, 6.45) is 4.15. The molecule has 0 radical (unpaired) electrons. The molecule has 3 heteroatoms. The van der Waals surface area contributed by atoms with Crippen molar-refractivity contribution in [2.45, 2.75) is 33.2 Å². The van der Waals surface area contributed by atoms with E-state index in [4.69, 9.17) is 4.42 Å². The third kappa shape index (κ3) is 5.65. The summed E-state index contributed by atoms with van der Waals surface area (Å²) < 4.78 is 4.78. The molecule has 1 rings (SSSR count). The van der Waals surface area contributed by atoms with Gasteiger partial charge in [0.1, 0.15) is 12.3 Å². The molecule has 12 heavy (non-hydrogen) atoms. The minimum atomic E-state index is 0.132. The van der Waals surface area contributed by atoms with E-state index in [1.165, 1.54) is 19.1 Å². The van der Waals surface area contributed by atoms with Crippen molar-refractivity contribution in [2.75, 3.05) is 0 Å². The second kappa shape index (κ2) is 7.98. The first-order valence-electron chi connectivity index (χ1n) is 4.16. The molecule has 0 saturated heterocycles. The van der Waals surface area contributed by atoms with E-state index in [0.29, 0.717) is 5.76 Å². The SMILES string of the molecule is CCCC.O=NCc1ccco1. The molecule has 0 amide bonds. The molecule has 1 aromatic heterocycles. The molecule has 1 aromatic rings. The zero-order chi connectivity index (χ0) is 9.23. The molecule has 0 aromatic carbocycles. The highest BCUT2D eigenvalue weighted by atomic mass is 16.3. The van der Waals surface area contributed by atoms with Gasteiger partial charge in [-0.05, 0) is 12.1 Å². The smallest absolute Gasteiger partial charge is 0.139 e. The van der Waals surface area contributed by atoms with Crippen molar-refractivity contribution in [3.63, 3.8) is 0 Å². The maximum Gasteiger partial charge on any atom is 0.139 e. The molecule has 68 valence electrons. The highest BCUT2D eigenvalue weighted by molar-refractivity contribution is 4.97. The highest BCUT2D eigenvalue weighted by Crippen LogP contribution is 1.99. The Hall–Kier alpha value is -1.12. The summed E-state index contributed by atoms with van der Waals surface area (Å²) in [5, 5.41) is 2.63. The predicted molar refractivity (Wildman–Crippen MR) is 48.8 cm³/mol. The molecule has 0 unspecified atom stereocenters. The van der Waals surface area contributed by atoms with E-state index in [0.717, 1.165) is 0 Å². The highest BCUT2D eigenvalue weighted by Gasteiger charge is 1.90. The van der Waals surface area contributed by atoms with Crippen LogP contribution in [0.15, 0.2) is 28.0 Å². The summed E-state index contributed by atoms with van der Waals surface area (Å²) in [6, 6.07) is 3.43. The van der Waals surface area contributed by atoms with Gasteiger partial charge in [0.25, 0.3) is 0 Å². The monoisotopic (exact) mass is 169 g/mol. The summed E-state index contributed by atoms with van der Waals surface area (Å²) in [6.45, 7) is 4.49. The van der Waals surface area contributed by atoms with Crippen molar-refractivity contribution in [3.05, 3.63) is 29.1 Å². The van der Waals surface area contributed by atoms with E-state index in [-0.39, 0.29) is 6.54 Å². The fourth-order valence-corrected chi connectivity index (χ4v) is 0.466. The number of unbranched alkanes of at least 4 members (excludes halogenated alkanes) is 1. The molecule has 0 spiro atoms. The first-order chi connectivity index (χ1) is 5.85. The average molecular weight is 169 g/mol. The van der Waals surface area contributed by atoms with Gasteiger partial charge in [0.2, 0.25) is 0 Å².